The Morgan fingerprint density at radius 2 is 2.04 bits per heavy atom. The van der Waals surface area contributed by atoms with Gasteiger partial charge in [0.25, 0.3) is 0 Å². The molecule has 0 bridgehead atoms. The first-order chi connectivity index (χ1) is 11.3. The monoisotopic (exact) mass is 313 g/mol. The number of ether oxygens (including phenoxy) is 1. The predicted molar refractivity (Wildman–Crippen MR) is 91.1 cm³/mol. The van der Waals surface area contributed by atoms with Crippen LogP contribution in [0.1, 0.15) is 55.6 Å². The van der Waals surface area contributed by atoms with Crippen LogP contribution in [0.15, 0.2) is 24.3 Å². The van der Waals surface area contributed by atoms with E-state index in [1.165, 1.54) is 12.0 Å². The van der Waals surface area contributed by atoms with Crippen LogP contribution in [0.5, 0.6) is 0 Å². The minimum atomic E-state index is 0.230. The third-order valence-electron chi connectivity index (χ3n) is 5.31. The summed E-state index contributed by atoms with van der Waals surface area (Å²) in [6.07, 6.45) is 7.12. The smallest absolute Gasteiger partial charge is 0.0991 e. The average molecular weight is 313 g/mol. The lowest BCUT2D eigenvalue weighted by Crippen LogP contribution is -2.52. The summed E-state index contributed by atoms with van der Waals surface area (Å²) in [7, 11) is 0. The Morgan fingerprint density at radius 1 is 1.22 bits per heavy atom. The van der Waals surface area contributed by atoms with Gasteiger partial charge in [0.2, 0.25) is 0 Å². The molecule has 0 radical (unpaired) electrons. The molecule has 1 aromatic carbocycles. The Labute approximate surface area is 139 Å². The van der Waals surface area contributed by atoms with Crippen molar-refractivity contribution in [2.75, 3.05) is 13.2 Å². The number of nitrogens with one attached hydrogen (secondary N) is 1. The first-order valence-electron chi connectivity index (χ1n) is 8.87. The lowest BCUT2D eigenvalue weighted by molar-refractivity contribution is 0.00620. The van der Waals surface area contributed by atoms with Gasteiger partial charge in [-0.1, -0.05) is 12.1 Å². The van der Waals surface area contributed by atoms with Gasteiger partial charge in [0.15, 0.2) is 0 Å². The van der Waals surface area contributed by atoms with Crippen molar-refractivity contribution >= 4 is 0 Å². The summed E-state index contributed by atoms with van der Waals surface area (Å²) in [4.78, 5) is 0. The van der Waals surface area contributed by atoms with Crippen molar-refractivity contribution in [3.63, 3.8) is 0 Å². The summed E-state index contributed by atoms with van der Waals surface area (Å²) in [6.45, 7) is 1.80. The second-order valence-electron chi connectivity index (χ2n) is 6.91. The van der Waals surface area contributed by atoms with Gasteiger partial charge in [0, 0.05) is 12.1 Å². The number of nitriles is 1. The van der Waals surface area contributed by atoms with Crippen LogP contribution in [0.4, 0.5) is 0 Å². The van der Waals surface area contributed by atoms with Gasteiger partial charge in [0.05, 0.1) is 24.3 Å². The lowest BCUT2D eigenvalue weighted by Gasteiger charge is -2.33. The summed E-state index contributed by atoms with van der Waals surface area (Å²) in [6, 6.07) is 10.8. The van der Waals surface area contributed by atoms with Gasteiger partial charge >= 0.3 is 0 Å². The molecule has 1 aromatic rings. The third kappa shape index (κ3) is 4.32. The topological polar surface area (TPSA) is 71.1 Å². The standard InChI is InChI=1S/C19H27N3O/c20-12-14-3-1-4-16(11-14)15-6-8-17(9-7-15)23-13-19-18(21)5-2-10-22-19/h1,3-4,11,15,17-19,22H,2,5-10,13,21H2/t15?,17?,18-,19-/m0/s1. The molecular weight excluding hydrogens is 286 g/mol. The normalized spacial score (nSPS) is 31.5. The largest absolute Gasteiger partial charge is 0.377 e. The van der Waals surface area contributed by atoms with Gasteiger partial charge in [-0.25, -0.2) is 0 Å². The highest BCUT2D eigenvalue weighted by Gasteiger charge is 2.26. The van der Waals surface area contributed by atoms with Gasteiger partial charge in [-0.15, -0.1) is 0 Å². The van der Waals surface area contributed by atoms with Crippen molar-refractivity contribution in [2.45, 2.75) is 62.6 Å². The SMILES string of the molecule is N#Cc1cccc(C2CCC(OC[C@@H]3NCCC[C@@H]3N)CC2)c1. The molecule has 0 unspecified atom stereocenters. The third-order valence-corrected chi connectivity index (χ3v) is 5.31. The van der Waals surface area contributed by atoms with Gasteiger partial charge in [0.1, 0.15) is 0 Å². The van der Waals surface area contributed by atoms with Crippen LogP contribution >= 0.6 is 0 Å². The minimum absolute atomic E-state index is 0.230. The second-order valence-corrected chi connectivity index (χ2v) is 6.91. The molecule has 2 fully saturated rings. The molecule has 0 amide bonds. The highest BCUT2D eigenvalue weighted by Crippen LogP contribution is 2.34. The van der Waals surface area contributed by atoms with Crippen LogP contribution in [-0.4, -0.2) is 31.3 Å². The van der Waals surface area contributed by atoms with E-state index in [1.807, 2.05) is 18.2 Å². The van der Waals surface area contributed by atoms with Crippen LogP contribution in [0, 0.1) is 11.3 Å². The first kappa shape index (κ1) is 16.4. The fourth-order valence-electron chi connectivity index (χ4n) is 3.83. The number of benzene rings is 1. The van der Waals surface area contributed by atoms with Crippen molar-refractivity contribution in [1.29, 1.82) is 5.26 Å². The quantitative estimate of drug-likeness (QED) is 0.896. The van der Waals surface area contributed by atoms with Crippen molar-refractivity contribution in [3.8, 4) is 6.07 Å². The molecule has 124 valence electrons. The summed E-state index contributed by atoms with van der Waals surface area (Å²) >= 11 is 0. The van der Waals surface area contributed by atoms with Crippen molar-refractivity contribution in [3.05, 3.63) is 35.4 Å². The molecule has 1 aliphatic heterocycles. The van der Waals surface area contributed by atoms with E-state index in [0.29, 0.717) is 18.1 Å². The molecule has 2 atom stereocenters. The first-order valence-corrected chi connectivity index (χ1v) is 8.87. The fraction of sp³-hybridized carbons (Fsp3) is 0.632. The van der Waals surface area contributed by atoms with E-state index in [1.54, 1.807) is 0 Å². The molecule has 1 heterocycles. The number of piperidine rings is 1. The Morgan fingerprint density at radius 3 is 2.78 bits per heavy atom. The molecule has 23 heavy (non-hydrogen) atoms. The van der Waals surface area contributed by atoms with Gasteiger partial charge < -0.3 is 15.8 Å². The van der Waals surface area contributed by atoms with Gasteiger partial charge in [-0.3, -0.25) is 0 Å². The Hall–Kier alpha value is -1.41. The van der Waals surface area contributed by atoms with Crippen molar-refractivity contribution < 1.29 is 4.74 Å². The van der Waals surface area contributed by atoms with Crippen molar-refractivity contribution in [1.82, 2.24) is 5.32 Å². The average Bonchev–Trinajstić information content (AvgIpc) is 2.61. The van der Waals surface area contributed by atoms with E-state index in [-0.39, 0.29) is 6.04 Å². The van der Waals surface area contributed by atoms with E-state index < -0.39 is 0 Å². The molecule has 4 nitrogen and oxygen atoms in total. The highest BCUT2D eigenvalue weighted by atomic mass is 16.5. The van der Waals surface area contributed by atoms with Crippen LogP contribution in [0.25, 0.3) is 0 Å². The Balaban J connectivity index is 1.46. The maximum atomic E-state index is 9.03. The molecule has 0 aromatic heterocycles. The van der Waals surface area contributed by atoms with E-state index in [0.717, 1.165) is 50.8 Å². The number of nitrogens with two attached hydrogens (primary N) is 1. The second kappa shape index (κ2) is 7.92. The fourth-order valence-corrected chi connectivity index (χ4v) is 3.83. The molecular formula is C19H27N3O. The lowest BCUT2D eigenvalue weighted by atomic mass is 9.82. The molecule has 3 rings (SSSR count). The molecule has 1 saturated heterocycles. The molecule has 4 heteroatoms. The molecule has 2 aliphatic rings. The summed E-state index contributed by atoms with van der Waals surface area (Å²) in [5.74, 6) is 0.568. The highest BCUT2D eigenvalue weighted by molar-refractivity contribution is 5.34. The van der Waals surface area contributed by atoms with E-state index in [9.17, 15) is 0 Å². The van der Waals surface area contributed by atoms with Gasteiger partial charge in [-0.2, -0.15) is 5.26 Å². The summed E-state index contributed by atoms with van der Waals surface area (Å²) in [5.41, 5.74) is 8.22. The molecule has 3 N–H and O–H groups in total. The maximum absolute atomic E-state index is 9.03. The molecule has 1 aliphatic carbocycles. The molecule has 1 saturated carbocycles. The number of hydrogen-bond acceptors (Lipinski definition) is 4. The minimum Gasteiger partial charge on any atom is -0.377 e. The van der Waals surface area contributed by atoms with Crippen LogP contribution in [0.2, 0.25) is 0 Å². The maximum Gasteiger partial charge on any atom is 0.0991 e. The summed E-state index contributed by atoms with van der Waals surface area (Å²) < 4.78 is 6.13. The number of rotatable bonds is 4. The van der Waals surface area contributed by atoms with Crippen LogP contribution < -0.4 is 11.1 Å². The van der Waals surface area contributed by atoms with E-state index in [4.69, 9.17) is 15.7 Å². The zero-order chi connectivity index (χ0) is 16.1. The van der Waals surface area contributed by atoms with Gasteiger partial charge in [-0.05, 0) is 68.7 Å². The number of hydrogen-bond donors (Lipinski definition) is 2. The zero-order valence-electron chi connectivity index (χ0n) is 13.7. The predicted octanol–water partition coefficient (Wildman–Crippen LogP) is 2.68. The van der Waals surface area contributed by atoms with Crippen LogP contribution in [-0.2, 0) is 4.74 Å². The zero-order valence-corrected chi connectivity index (χ0v) is 13.7. The van der Waals surface area contributed by atoms with Crippen molar-refractivity contribution in [2.24, 2.45) is 5.73 Å². The Kier molecular flexibility index (Phi) is 5.66. The summed E-state index contributed by atoms with van der Waals surface area (Å²) in [5, 5.41) is 12.5. The number of nitrogens with zero attached hydrogens (tertiary/aromatic N) is 1. The van der Waals surface area contributed by atoms with E-state index in [2.05, 4.69) is 17.5 Å². The van der Waals surface area contributed by atoms with Crippen LogP contribution in [0.3, 0.4) is 0 Å². The van der Waals surface area contributed by atoms with E-state index >= 15 is 0 Å². The molecule has 0 spiro atoms. The Bertz CT molecular complexity index is 546.